The van der Waals surface area contributed by atoms with Crippen LogP contribution in [-0.2, 0) is 19.6 Å². The molecular formula is C15H25N3O6S. The van der Waals surface area contributed by atoms with Crippen LogP contribution in [0.15, 0.2) is 9.42 Å². The van der Waals surface area contributed by atoms with Crippen LogP contribution in [0.4, 0.5) is 0 Å². The van der Waals surface area contributed by atoms with E-state index in [1.165, 1.54) is 20.8 Å². The molecule has 1 amide bonds. The highest BCUT2D eigenvalue weighted by atomic mass is 32.2. The van der Waals surface area contributed by atoms with Gasteiger partial charge in [-0.2, -0.15) is 4.72 Å². The number of aryl methyl sites for hydroxylation is 2. The first-order valence-corrected chi connectivity index (χ1v) is 9.45. The molecule has 0 fully saturated rings. The first kappa shape index (κ1) is 21.1. The first-order chi connectivity index (χ1) is 11.5. The molecule has 9 nitrogen and oxygen atoms in total. The van der Waals surface area contributed by atoms with Crippen LogP contribution in [0.2, 0.25) is 0 Å². The number of nitrogens with one attached hydrogen (secondary N) is 2. The molecular weight excluding hydrogens is 350 g/mol. The molecule has 0 aromatic carbocycles. The lowest BCUT2D eigenvalue weighted by molar-refractivity contribution is -0.149. The standard InChI is InChI=1S/C15H25N3O6S/c1-6-15(7-2,14(20)21)8-16-13(19)10(4)18-25(22,23)12-9(3)17-24-11(12)5/h10,18H,6-8H2,1-5H3,(H,16,19)(H,20,21). The molecule has 1 unspecified atom stereocenters. The predicted octanol–water partition coefficient (Wildman–Crippen LogP) is 0.965. The van der Waals surface area contributed by atoms with E-state index in [2.05, 4.69) is 15.2 Å². The minimum atomic E-state index is -3.99. The minimum absolute atomic E-state index is 0.0778. The van der Waals surface area contributed by atoms with Crippen molar-refractivity contribution in [3.63, 3.8) is 0 Å². The number of sulfonamides is 1. The van der Waals surface area contributed by atoms with Crippen LogP contribution < -0.4 is 10.0 Å². The fraction of sp³-hybridized carbons (Fsp3) is 0.667. The maximum atomic E-state index is 12.4. The van der Waals surface area contributed by atoms with Crippen molar-refractivity contribution in [2.75, 3.05) is 6.54 Å². The molecule has 1 aromatic heterocycles. The monoisotopic (exact) mass is 375 g/mol. The molecule has 142 valence electrons. The molecule has 3 N–H and O–H groups in total. The van der Waals surface area contributed by atoms with Gasteiger partial charge in [0, 0.05) is 6.54 Å². The normalized spacial score (nSPS) is 13.5. The molecule has 0 spiro atoms. The molecule has 0 bridgehead atoms. The third kappa shape index (κ3) is 4.57. The predicted molar refractivity (Wildman–Crippen MR) is 89.4 cm³/mol. The van der Waals surface area contributed by atoms with Gasteiger partial charge >= 0.3 is 5.97 Å². The minimum Gasteiger partial charge on any atom is -0.481 e. The number of carbonyl (C=O) groups excluding carboxylic acids is 1. The molecule has 0 saturated carbocycles. The molecule has 1 heterocycles. The average molecular weight is 375 g/mol. The SMILES string of the molecule is CCC(CC)(CNC(=O)C(C)NS(=O)(=O)c1c(C)noc1C)C(=O)O. The Hall–Kier alpha value is -1.94. The number of hydrogen-bond acceptors (Lipinski definition) is 6. The summed E-state index contributed by atoms with van der Waals surface area (Å²) in [6, 6.07) is -1.08. The Labute approximate surface area is 147 Å². The fourth-order valence-corrected chi connectivity index (χ4v) is 4.02. The molecule has 0 aliphatic carbocycles. The topological polar surface area (TPSA) is 139 Å². The maximum Gasteiger partial charge on any atom is 0.311 e. The van der Waals surface area contributed by atoms with E-state index in [0.29, 0.717) is 12.8 Å². The molecule has 1 atom stereocenters. The van der Waals surface area contributed by atoms with E-state index in [0.717, 1.165) is 0 Å². The van der Waals surface area contributed by atoms with Crippen molar-refractivity contribution in [1.29, 1.82) is 0 Å². The van der Waals surface area contributed by atoms with E-state index < -0.39 is 33.4 Å². The Kier molecular flexibility index (Phi) is 6.72. The van der Waals surface area contributed by atoms with Crippen LogP contribution >= 0.6 is 0 Å². The number of carboxylic acid groups (broad SMARTS) is 1. The van der Waals surface area contributed by atoms with Crippen molar-refractivity contribution < 1.29 is 27.6 Å². The average Bonchev–Trinajstić information content (AvgIpc) is 2.87. The van der Waals surface area contributed by atoms with E-state index in [-0.39, 0.29) is 22.9 Å². The number of carboxylic acids is 1. The van der Waals surface area contributed by atoms with E-state index in [9.17, 15) is 23.1 Å². The van der Waals surface area contributed by atoms with Gasteiger partial charge in [-0.25, -0.2) is 8.42 Å². The van der Waals surface area contributed by atoms with Gasteiger partial charge in [0.15, 0.2) is 5.76 Å². The van der Waals surface area contributed by atoms with Gasteiger partial charge in [-0.1, -0.05) is 19.0 Å². The van der Waals surface area contributed by atoms with Crippen LogP contribution in [0.3, 0.4) is 0 Å². The second-order valence-corrected chi connectivity index (χ2v) is 7.66. The summed E-state index contributed by atoms with van der Waals surface area (Å²) in [5.74, 6) is -1.48. The van der Waals surface area contributed by atoms with Gasteiger partial charge in [-0.15, -0.1) is 0 Å². The highest BCUT2D eigenvalue weighted by Gasteiger charge is 2.36. The number of hydrogen-bond donors (Lipinski definition) is 3. The number of aromatic nitrogens is 1. The number of rotatable bonds is 9. The van der Waals surface area contributed by atoms with Crippen LogP contribution in [0.5, 0.6) is 0 Å². The second-order valence-electron chi connectivity index (χ2n) is 6.01. The van der Waals surface area contributed by atoms with Gasteiger partial charge in [0.25, 0.3) is 0 Å². The first-order valence-electron chi connectivity index (χ1n) is 7.97. The van der Waals surface area contributed by atoms with Crippen molar-refractivity contribution in [1.82, 2.24) is 15.2 Å². The Morgan fingerprint density at radius 2 is 1.84 bits per heavy atom. The van der Waals surface area contributed by atoms with Crippen molar-refractivity contribution in [2.45, 2.75) is 58.4 Å². The lowest BCUT2D eigenvalue weighted by atomic mass is 9.82. The number of amides is 1. The highest BCUT2D eigenvalue weighted by Crippen LogP contribution is 2.25. The summed E-state index contributed by atoms with van der Waals surface area (Å²) < 4.78 is 31.9. The van der Waals surface area contributed by atoms with Crippen molar-refractivity contribution >= 4 is 21.9 Å². The Morgan fingerprint density at radius 1 is 1.28 bits per heavy atom. The third-order valence-corrected chi connectivity index (χ3v) is 6.15. The largest absolute Gasteiger partial charge is 0.481 e. The molecule has 0 aliphatic heterocycles. The maximum absolute atomic E-state index is 12.4. The summed E-state index contributed by atoms with van der Waals surface area (Å²) in [6.07, 6.45) is 0.691. The smallest absolute Gasteiger partial charge is 0.311 e. The van der Waals surface area contributed by atoms with Gasteiger partial charge < -0.3 is 14.9 Å². The Balaban J connectivity index is 2.82. The molecule has 1 aromatic rings. The summed E-state index contributed by atoms with van der Waals surface area (Å²) in [4.78, 5) is 23.5. The zero-order chi connectivity index (χ0) is 19.4. The van der Waals surface area contributed by atoms with Gasteiger partial charge in [0.1, 0.15) is 10.6 Å². The molecule has 25 heavy (non-hydrogen) atoms. The summed E-state index contributed by atoms with van der Waals surface area (Å²) in [5, 5.41) is 15.5. The van der Waals surface area contributed by atoms with Crippen LogP contribution in [0.25, 0.3) is 0 Å². The molecule has 0 radical (unpaired) electrons. The molecule has 0 aliphatic rings. The zero-order valence-corrected chi connectivity index (χ0v) is 15.9. The zero-order valence-electron chi connectivity index (χ0n) is 15.0. The number of carbonyl (C=O) groups is 2. The lowest BCUT2D eigenvalue weighted by Crippen LogP contribution is -2.49. The summed E-state index contributed by atoms with van der Waals surface area (Å²) in [5.41, 5.74) is -0.880. The molecule has 0 saturated heterocycles. The van der Waals surface area contributed by atoms with Crippen LogP contribution in [0.1, 0.15) is 45.1 Å². The van der Waals surface area contributed by atoms with Crippen LogP contribution in [-0.4, -0.2) is 43.1 Å². The molecule has 1 rings (SSSR count). The Bertz CT molecular complexity index is 717. The number of nitrogens with zero attached hydrogens (tertiary/aromatic N) is 1. The lowest BCUT2D eigenvalue weighted by Gasteiger charge is -2.27. The number of aliphatic carboxylic acids is 1. The van der Waals surface area contributed by atoms with Gasteiger partial charge in [-0.05, 0) is 33.6 Å². The van der Waals surface area contributed by atoms with Crippen molar-refractivity contribution in [3.8, 4) is 0 Å². The molecule has 10 heteroatoms. The van der Waals surface area contributed by atoms with Crippen molar-refractivity contribution in [3.05, 3.63) is 11.5 Å². The third-order valence-electron chi connectivity index (χ3n) is 4.37. The summed E-state index contributed by atoms with van der Waals surface area (Å²) in [7, 11) is -3.99. The summed E-state index contributed by atoms with van der Waals surface area (Å²) in [6.45, 7) is 7.71. The van der Waals surface area contributed by atoms with E-state index >= 15 is 0 Å². The van der Waals surface area contributed by atoms with E-state index in [1.807, 2.05) is 0 Å². The fourth-order valence-electron chi connectivity index (χ4n) is 2.49. The van der Waals surface area contributed by atoms with Gasteiger partial charge in [-0.3, -0.25) is 9.59 Å². The van der Waals surface area contributed by atoms with Crippen LogP contribution in [0, 0.1) is 19.3 Å². The van der Waals surface area contributed by atoms with Gasteiger partial charge in [0.05, 0.1) is 11.5 Å². The highest BCUT2D eigenvalue weighted by molar-refractivity contribution is 7.89. The second kappa shape index (κ2) is 7.96. The van der Waals surface area contributed by atoms with Crippen molar-refractivity contribution in [2.24, 2.45) is 5.41 Å². The van der Waals surface area contributed by atoms with E-state index in [1.54, 1.807) is 13.8 Å². The quantitative estimate of drug-likeness (QED) is 0.584. The summed E-state index contributed by atoms with van der Waals surface area (Å²) >= 11 is 0. The van der Waals surface area contributed by atoms with E-state index in [4.69, 9.17) is 4.52 Å². The Morgan fingerprint density at radius 3 is 2.24 bits per heavy atom. The van der Waals surface area contributed by atoms with Gasteiger partial charge in [0.2, 0.25) is 15.9 Å².